The molecule has 0 fully saturated rings. The standard InChI is InChI=1S/C29H25NO3S.Na/c1-17-8-11-20(12-9-17)14-15-33-24-13-10-18(2)27-26(24)22(29(31)32)16-23(30-27)28-19(3)21-6-4-5-7-25(21)34-28;/h4-13,16H,14-15H2,1-3H3,(H,31,32);/q;+1/p-1. The van der Waals surface area contributed by atoms with E-state index in [1.165, 1.54) is 11.1 Å². The van der Waals surface area contributed by atoms with Gasteiger partial charge in [0, 0.05) is 16.7 Å². The summed E-state index contributed by atoms with van der Waals surface area (Å²) in [5, 5.41) is 13.9. The van der Waals surface area contributed by atoms with Crippen LogP contribution in [0.1, 0.15) is 32.6 Å². The van der Waals surface area contributed by atoms with Crippen molar-refractivity contribution in [3.05, 3.63) is 94.5 Å². The first-order valence-corrected chi connectivity index (χ1v) is 12.1. The van der Waals surface area contributed by atoms with E-state index in [9.17, 15) is 9.90 Å². The summed E-state index contributed by atoms with van der Waals surface area (Å²) in [5.74, 6) is -0.722. The molecule has 0 saturated heterocycles. The Bertz CT molecular complexity index is 1540. The van der Waals surface area contributed by atoms with Gasteiger partial charge in [0.05, 0.1) is 34.1 Å². The molecule has 2 aromatic heterocycles. The van der Waals surface area contributed by atoms with Crippen molar-refractivity contribution >= 4 is 38.3 Å². The number of carboxylic acid groups (broad SMARTS) is 1. The van der Waals surface area contributed by atoms with Crippen LogP contribution >= 0.6 is 11.3 Å². The molecule has 0 saturated carbocycles. The molecule has 0 N–H and O–H groups in total. The molecule has 35 heavy (non-hydrogen) atoms. The second-order valence-electron chi connectivity index (χ2n) is 8.58. The van der Waals surface area contributed by atoms with E-state index in [2.05, 4.69) is 50.2 Å². The molecule has 0 bridgehead atoms. The predicted molar refractivity (Wildman–Crippen MR) is 137 cm³/mol. The smallest absolute Gasteiger partial charge is 0.545 e. The Balaban J connectivity index is 0.00000289. The summed E-state index contributed by atoms with van der Waals surface area (Å²) < 4.78 is 7.24. The molecule has 3 aromatic carbocycles. The second kappa shape index (κ2) is 10.5. The quantitative estimate of drug-likeness (QED) is 0.344. The number of benzene rings is 3. The summed E-state index contributed by atoms with van der Waals surface area (Å²) in [5.41, 5.74) is 5.74. The molecule has 5 rings (SSSR count). The molecule has 5 aromatic rings. The van der Waals surface area contributed by atoms with Crippen LogP contribution in [-0.2, 0) is 6.42 Å². The van der Waals surface area contributed by atoms with Crippen molar-refractivity contribution in [2.45, 2.75) is 27.2 Å². The Morgan fingerprint density at radius 2 is 1.74 bits per heavy atom. The van der Waals surface area contributed by atoms with Crippen molar-refractivity contribution in [2.75, 3.05) is 6.61 Å². The molecule has 170 valence electrons. The fourth-order valence-electron chi connectivity index (χ4n) is 4.29. The predicted octanol–water partition coefficient (Wildman–Crippen LogP) is 3.03. The molecule has 0 unspecified atom stereocenters. The number of hydrogen-bond acceptors (Lipinski definition) is 5. The van der Waals surface area contributed by atoms with E-state index >= 15 is 0 Å². The van der Waals surface area contributed by atoms with Crippen LogP contribution in [0.4, 0.5) is 0 Å². The zero-order valence-corrected chi connectivity index (χ0v) is 23.2. The molecule has 0 radical (unpaired) electrons. The Hall–Kier alpha value is -2.70. The summed E-state index contributed by atoms with van der Waals surface area (Å²) in [6, 6.07) is 21.9. The maximum absolute atomic E-state index is 12.3. The monoisotopic (exact) mass is 489 g/mol. The molecule has 0 atom stereocenters. The Labute approximate surface area is 230 Å². The number of rotatable bonds is 6. The summed E-state index contributed by atoms with van der Waals surface area (Å²) in [6.45, 7) is 6.48. The van der Waals surface area contributed by atoms with E-state index in [0.29, 0.717) is 29.0 Å². The topological polar surface area (TPSA) is 62.2 Å². The van der Waals surface area contributed by atoms with Crippen LogP contribution in [0.3, 0.4) is 0 Å². The van der Waals surface area contributed by atoms with Gasteiger partial charge >= 0.3 is 29.6 Å². The van der Waals surface area contributed by atoms with Gasteiger partial charge in [-0.05, 0) is 61.0 Å². The molecule has 2 heterocycles. The molecule has 0 aliphatic rings. The number of aromatic carboxylic acids is 1. The molecule has 0 amide bonds. The average molecular weight is 490 g/mol. The van der Waals surface area contributed by atoms with Crippen LogP contribution in [-0.4, -0.2) is 17.6 Å². The van der Waals surface area contributed by atoms with E-state index in [1.807, 2.05) is 31.2 Å². The Morgan fingerprint density at radius 1 is 1.00 bits per heavy atom. The van der Waals surface area contributed by atoms with Crippen LogP contribution in [0.15, 0.2) is 66.7 Å². The molecule has 6 heteroatoms. The number of carbonyl (C=O) groups is 1. The van der Waals surface area contributed by atoms with Crippen LogP contribution < -0.4 is 39.4 Å². The minimum Gasteiger partial charge on any atom is -0.545 e. The first-order valence-electron chi connectivity index (χ1n) is 11.2. The third-order valence-electron chi connectivity index (χ3n) is 6.19. The molecule has 0 spiro atoms. The van der Waals surface area contributed by atoms with Crippen LogP contribution in [0, 0.1) is 20.8 Å². The van der Waals surface area contributed by atoms with Gasteiger partial charge in [-0.3, -0.25) is 0 Å². The van der Waals surface area contributed by atoms with Crippen molar-refractivity contribution < 1.29 is 44.2 Å². The Morgan fingerprint density at radius 3 is 2.46 bits per heavy atom. The van der Waals surface area contributed by atoms with Crippen molar-refractivity contribution in [3.8, 4) is 16.3 Å². The normalized spacial score (nSPS) is 10.9. The zero-order chi connectivity index (χ0) is 23.8. The SMILES string of the molecule is Cc1ccc(CCOc2ccc(C)c3nc(-c4sc5ccccc5c4C)cc(C(=O)[O-])c23)cc1.[Na+]. The number of ether oxygens (including phenoxy) is 1. The van der Waals surface area contributed by atoms with Crippen molar-refractivity contribution in [1.82, 2.24) is 4.98 Å². The van der Waals surface area contributed by atoms with Gasteiger partial charge in [-0.2, -0.15) is 0 Å². The van der Waals surface area contributed by atoms with Crippen molar-refractivity contribution in [3.63, 3.8) is 0 Å². The zero-order valence-electron chi connectivity index (χ0n) is 20.3. The molecule has 0 aliphatic heterocycles. The minimum atomic E-state index is -1.23. The van der Waals surface area contributed by atoms with Gasteiger partial charge in [-0.15, -0.1) is 11.3 Å². The first-order chi connectivity index (χ1) is 16.4. The minimum absolute atomic E-state index is 0. The van der Waals surface area contributed by atoms with E-state index in [1.54, 1.807) is 17.4 Å². The van der Waals surface area contributed by atoms with E-state index in [0.717, 1.165) is 32.5 Å². The number of aryl methyl sites for hydroxylation is 3. The van der Waals surface area contributed by atoms with E-state index in [-0.39, 0.29) is 35.1 Å². The van der Waals surface area contributed by atoms with E-state index in [4.69, 9.17) is 9.72 Å². The van der Waals surface area contributed by atoms with Gasteiger partial charge in [0.25, 0.3) is 0 Å². The number of thiophene rings is 1. The van der Waals surface area contributed by atoms with Crippen LogP contribution in [0.2, 0.25) is 0 Å². The summed E-state index contributed by atoms with van der Waals surface area (Å²) in [4.78, 5) is 18.1. The van der Waals surface area contributed by atoms with E-state index < -0.39 is 5.97 Å². The van der Waals surface area contributed by atoms with Gasteiger partial charge in [0.15, 0.2) is 0 Å². The van der Waals surface area contributed by atoms with Crippen molar-refractivity contribution in [2.24, 2.45) is 0 Å². The number of carboxylic acids is 1. The number of fused-ring (bicyclic) bond motifs is 2. The summed E-state index contributed by atoms with van der Waals surface area (Å²) >= 11 is 1.62. The van der Waals surface area contributed by atoms with Gasteiger partial charge in [0.1, 0.15) is 5.75 Å². The van der Waals surface area contributed by atoms with Crippen LogP contribution in [0.5, 0.6) is 5.75 Å². The van der Waals surface area contributed by atoms with Crippen LogP contribution in [0.25, 0.3) is 31.6 Å². The number of nitrogens with zero attached hydrogens (tertiary/aromatic N) is 1. The fraction of sp³-hybridized carbons (Fsp3) is 0.172. The molecule has 4 nitrogen and oxygen atoms in total. The largest absolute Gasteiger partial charge is 1.00 e. The van der Waals surface area contributed by atoms with Gasteiger partial charge < -0.3 is 14.6 Å². The number of pyridine rings is 1. The third kappa shape index (κ3) is 5.00. The summed E-state index contributed by atoms with van der Waals surface area (Å²) in [7, 11) is 0. The average Bonchev–Trinajstić information content (AvgIpc) is 3.18. The molecule has 0 aliphatic carbocycles. The van der Waals surface area contributed by atoms with Gasteiger partial charge in [-0.1, -0.05) is 54.1 Å². The second-order valence-corrected chi connectivity index (χ2v) is 9.64. The first kappa shape index (κ1) is 25.4. The number of carbonyl (C=O) groups excluding carboxylic acids is 1. The third-order valence-corrected chi connectivity index (χ3v) is 7.48. The molecular weight excluding hydrogens is 465 g/mol. The Kier molecular flexibility index (Phi) is 7.62. The number of hydrogen-bond donors (Lipinski definition) is 0. The maximum Gasteiger partial charge on any atom is 1.00 e. The van der Waals surface area contributed by atoms with Gasteiger partial charge in [0.2, 0.25) is 0 Å². The molecular formula is C29H24NNaO3S. The maximum atomic E-state index is 12.3. The summed E-state index contributed by atoms with van der Waals surface area (Å²) in [6.07, 6.45) is 0.725. The number of aromatic nitrogens is 1. The van der Waals surface area contributed by atoms with Crippen molar-refractivity contribution in [1.29, 1.82) is 0 Å². The van der Waals surface area contributed by atoms with Gasteiger partial charge in [-0.25, -0.2) is 4.98 Å². The fourth-order valence-corrected chi connectivity index (χ4v) is 5.46.